The van der Waals surface area contributed by atoms with Crippen LogP contribution in [0, 0.1) is 5.92 Å². The maximum absolute atomic E-state index is 12.7. The molecule has 2 saturated carbocycles. The molecule has 2 aromatic rings. The van der Waals surface area contributed by atoms with E-state index in [0.29, 0.717) is 13.1 Å². The number of piperazine rings is 1. The molecule has 0 bridgehead atoms. The van der Waals surface area contributed by atoms with Gasteiger partial charge in [0.2, 0.25) is 6.41 Å². The Morgan fingerprint density at radius 3 is 2.55 bits per heavy atom. The molecular weight excluding hydrogens is 680 g/mol. The topological polar surface area (TPSA) is 81.2 Å². The van der Waals surface area contributed by atoms with Gasteiger partial charge < -0.3 is 24.8 Å². The molecule has 1 unspecified atom stereocenters. The number of amides is 2. The molecule has 3 heterocycles. The van der Waals surface area contributed by atoms with Crippen LogP contribution in [0.3, 0.4) is 0 Å². The first-order valence-corrected chi connectivity index (χ1v) is 18.5. The lowest BCUT2D eigenvalue weighted by atomic mass is 9.96. The zero-order chi connectivity index (χ0) is 32.8. The Kier molecular flexibility index (Phi) is 11.6. The molecule has 0 radical (unpaired) electrons. The van der Waals surface area contributed by atoms with Crippen LogP contribution in [0.2, 0.25) is 5.02 Å². The number of halogens is 2. The molecule has 0 spiro atoms. The molecule has 1 atom stereocenters. The van der Waals surface area contributed by atoms with Crippen LogP contribution in [0.1, 0.15) is 79.8 Å². The largest absolute Gasteiger partial charge is 0.446 e. The van der Waals surface area contributed by atoms with Crippen molar-refractivity contribution >= 4 is 40.0 Å². The minimum Gasteiger partial charge on any atom is -0.446 e. The summed E-state index contributed by atoms with van der Waals surface area (Å²) in [6.45, 7) is 5.63. The lowest BCUT2D eigenvalue weighted by Crippen LogP contribution is -2.50. The van der Waals surface area contributed by atoms with Gasteiger partial charge >= 0.3 is 6.09 Å². The molecule has 3 aliphatic carbocycles. The number of carbonyl (C=O) groups excluding carboxylic acids is 2. The van der Waals surface area contributed by atoms with Crippen molar-refractivity contribution in [2.75, 3.05) is 53.0 Å². The molecule has 7 rings (SSSR count). The van der Waals surface area contributed by atoms with Crippen molar-refractivity contribution in [2.24, 2.45) is 5.92 Å². The van der Waals surface area contributed by atoms with E-state index in [1.807, 2.05) is 28.3 Å². The van der Waals surface area contributed by atoms with Crippen LogP contribution in [0.4, 0.5) is 4.79 Å². The number of fused-ring (bicyclic) bond motifs is 2. The first-order chi connectivity index (χ1) is 22.9. The number of hydrogen-bond donors (Lipinski definition) is 1. The fourth-order valence-corrected chi connectivity index (χ4v) is 7.77. The highest BCUT2D eigenvalue weighted by molar-refractivity contribution is 9.10. The highest BCUT2D eigenvalue weighted by Gasteiger charge is 2.34. The van der Waals surface area contributed by atoms with Gasteiger partial charge in [-0.05, 0) is 108 Å². The second-order valence-electron chi connectivity index (χ2n) is 13.6. The van der Waals surface area contributed by atoms with E-state index in [-0.39, 0.29) is 18.2 Å². The van der Waals surface area contributed by atoms with Crippen LogP contribution < -0.4 is 5.32 Å². The number of rotatable bonds is 8. The molecule has 254 valence electrons. The zero-order valence-corrected chi connectivity index (χ0v) is 29.9. The van der Waals surface area contributed by atoms with Gasteiger partial charge in [0.05, 0.1) is 18.4 Å². The minimum atomic E-state index is -0.146. The van der Waals surface area contributed by atoms with Crippen LogP contribution in [0.15, 0.2) is 46.8 Å². The van der Waals surface area contributed by atoms with Gasteiger partial charge in [-0.15, -0.1) is 0 Å². The zero-order valence-electron chi connectivity index (χ0n) is 27.5. The third-order valence-electron chi connectivity index (χ3n) is 10.1. The summed E-state index contributed by atoms with van der Waals surface area (Å²) < 4.78 is 6.82. The van der Waals surface area contributed by atoms with E-state index in [9.17, 15) is 9.59 Å². The van der Waals surface area contributed by atoms with E-state index < -0.39 is 0 Å². The Morgan fingerprint density at radius 1 is 1.09 bits per heavy atom. The summed E-state index contributed by atoms with van der Waals surface area (Å²) in [5, 5.41) is 3.95. The van der Waals surface area contributed by atoms with Crippen LogP contribution in [0.5, 0.6) is 0 Å². The summed E-state index contributed by atoms with van der Waals surface area (Å²) in [4.78, 5) is 36.8. The lowest BCUT2D eigenvalue weighted by molar-refractivity contribution is -0.118. The van der Waals surface area contributed by atoms with Crippen LogP contribution >= 0.6 is 27.5 Å². The number of aryl methyl sites for hydroxylation is 2. The van der Waals surface area contributed by atoms with E-state index in [0.717, 1.165) is 92.5 Å². The Labute approximate surface area is 292 Å². The molecule has 9 nitrogen and oxygen atoms in total. The Bertz CT molecular complexity index is 1370. The highest BCUT2D eigenvalue weighted by Crippen LogP contribution is 2.38. The first kappa shape index (κ1) is 34.1. The molecule has 1 saturated heterocycles. The molecule has 3 fully saturated rings. The second kappa shape index (κ2) is 16.1. The van der Waals surface area contributed by atoms with Crippen molar-refractivity contribution in [3.05, 3.63) is 74.2 Å². The number of hydrogen-bond acceptors (Lipinski definition) is 7. The average molecular weight is 728 g/mol. The summed E-state index contributed by atoms with van der Waals surface area (Å²) in [6.07, 6.45) is 15.9. The number of ether oxygens (including phenoxy) is 1. The minimum absolute atomic E-state index is 0.0735. The molecular formula is C36H48BrClN6O3. The number of nitrogens with zero attached hydrogens (tertiary/aromatic N) is 5. The summed E-state index contributed by atoms with van der Waals surface area (Å²) in [5.74, 6) is 0.781. The number of benzene rings is 1. The van der Waals surface area contributed by atoms with Crippen molar-refractivity contribution in [2.45, 2.75) is 76.4 Å². The quantitative estimate of drug-likeness (QED) is 0.318. The summed E-state index contributed by atoms with van der Waals surface area (Å²) >= 11 is 9.93. The van der Waals surface area contributed by atoms with E-state index in [2.05, 4.69) is 56.3 Å². The lowest BCUT2D eigenvalue weighted by Gasteiger charge is -2.39. The molecule has 1 N–H and O–H groups in total. The highest BCUT2D eigenvalue weighted by atomic mass is 79.9. The monoisotopic (exact) mass is 726 g/mol. The normalized spacial score (nSPS) is 21.3. The van der Waals surface area contributed by atoms with Gasteiger partial charge in [-0.3, -0.25) is 14.7 Å². The maximum Gasteiger partial charge on any atom is 0.410 e. The summed E-state index contributed by atoms with van der Waals surface area (Å²) in [7, 11) is 2.07. The van der Waals surface area contributed by atoms with E-state index >= 15 is 0 Å². The number of carbonyl (C=O) groups is 2. The van der Waals surface area contributed by atoms with Gasteiger partial charge in [-0.2, -0.15) is 0 Å². The number of pyridine rings is 1. The van der Waals surface area contributed by atoms with Crippen molar-refractivity contribution in [1.82, 2.24) is 29.9 Å². The van der Waals surface area contributed by atoms with Crippen LogP contribution in [-0.2, 0) is 22.4 Å². The molecule has 11 heteroatoms. The number of nitrogens with one attached hydrogen (secondary N) is 1. The van der Waals surface area contributed by atoms with Crippen molar-refractivity contribution in [3.63, 3.8) is 0 Å². The molecule has 1 aromatic heterocycles. The third-order valence-corrected chi connectivity index (χ3v) is 10.8. The van der Waals surface area contributed by atoms with E-state index in [4.69, 9.17) is 21.3 Å². The summed E-state index contributed by atoms with van der Waals surface area (Å²) in [5.41, 5.74) is 6.25. The van der Waals surface area contributed by atoms with Crippen molar-refractivity contribution in [1.29, 1.82) is 0 Å². The van der Waals surface area contributed by atoms with Gasteiger partial charge in [0.1, 0.15) is 6.10 Å². The van der Waals surface area contributed by atoms with Gasteiger partial charge in [-0.25, -0.2) is 4.79 Å². The average Bonchev–Trinajstić information content (AvgIpc) is 3.84. The predicted molar refractivity (Wildman–Crippen MR) is 188 cm³/mol. The van der Waals surface area contributed by atoms with Gasteiger partial charge in [0, 0.05) is 80.3 Å². The summed E-state index contributed by atoms with van der Waals surface area (Å²) in [6, 6.07) is 8.51. The molecule has 5 aliphatic rings. The predicted octanol–water partition coefficient (Wildman–Crippen LogP) is 6.35. The Morgan fingerprint density at radius 2 is 1.85 bits per heavy atom. The van der Waals surface area contributed by atoms with Gasteiger partial charge in [-0.1, -0.05) is 24.1 Å². The second-order valence-corrected chi connectivity index (χ2v) is 15.0. The Balaban J connectivity index is 0.000000215. The molecule has 47 heavy (non-hydrogen) atoms. The van der Waals surface area contributed by atoms with Gasteiger partial charge in [0.25, 0.3) is 0 Å². The fraction of sp³-hybridized carbons (Fsp3) is 0.583. The molecule has 2 aliphatic heterocycles. The van der Waals surface area contributed by atoms with Crippen molar-refractivity contribution < 1.29 is 14.3 Å². The van der Waals surface area contributed by atoms with Crippen LogP contribution in [-0.4, -0.2) is 96.2 Å². The Hall–Kier alpha value is -2.82. The SMILES string of the molecule is CN1CNC=C1CCN(C=O)CC1CC1.O=C(OC1CCCCC1)N1CCN(C2c3ccc(Cl)cc3CCc3cc(Br)cnc32)CC1. The van der Waals surface area contributed by atoms with Gasteiger partial charge in [0.15, 0.2) is 0 Å². The first-order valence-electron chi connectivity index (χ1n) is 17.3. The van der Waals surface area contributed by atoms with E-state index in [1.54, 1.807) is 0 Å². The van der Waals surface area contributed by atoms with E-state index in [1.165, 1.54) is 54.5 Å². The number of aromatic nitrogens is 1. The fourth-order valence-electron chi connectivity index (χ4n) is 7.20. The smallest absolute Gasteiger partial charge is 0.410 e. The standard InChI is InChI=1S/C25H29BrClN3O2.C11H19N3O/c26-19-14-18-7-6-17-15-20(27)8-9-22(17)24(23(18)28-16-19)29-10-12-30(13-11-29)25(31)32-21-4-2-1-3-5-21;1-13-8-12-6-11(13)4-5-14(9-15)7-10-2-3-10/h8-9,14-16,21,24H,1-7,10-13H2;6,9-10,12H,2-5,7-8H2,1H3. The third kappa shape index (κ3) is 9.00. The maximum atomic E-state index is 12.7. The van der Waals surface area contributed by atoms with Crippen molar-refractivity contribution in [3.8, 4) is 0 Å². The molecule has 1 aromatic carbocycles. The van der Waals surface area contributed by atoms with Crippen LogP contribution in [0.25, 0.3) is 0 Å². The molecule has 2 amide bonds.